The molecule has 9 heteroatoms. The monoisotopic (exact) mass is 378 g/mol. The van der Waals surface area contributed by atoms with E-state index in [4.69, 9.17) is 0 Å². The minimum atomic E-state index is -4.44. The maximum atomic E-state index is 12.8. The van der Waals surface area contributed by atoms with Crippen LogP contribution in [-0.2, 0) is 15.8 Å². The van der Waals surface area contributed by atoms with Gasteiger partial charge in [-0.05, 0) is 30.7 Å². The van der Waals surface area contributed by atoms with Crippen LogP contribution in [0.3, 0.4) is 0 Å². The lowest BCUT2D eigenvalue weighted by molar-refractivity contribution is -0.138. The lowest BCUT2D eigenvalue weighted by atomic mass is 9.87. The van der Waals surface area contributed by atoms with Crippen molar-refractivity contribution in [2.45, 2.75) is 19.0 Å². The number of aryl methyl sites for hydroxylation is 1. The second kappa shape index (κ2) is 6.98. The Morgan fingerprint density at radius 1 is 1.22 bits per heavy atom. The Morgan fingerprint density at radius 2 is 1.89 bits per heavy atom. The molecular weight excluding hydrogens is 361 g/mol. The van der Waals surface area contributed by atoms with Gasteiger partial charge in [0.2, 0.25) is 17.8 Å². The first-order chi connectivity index (χ1) is 12.7. The maximum Gasteiger partial charge on any atom is 0.416 e. The number of likely N-dealkylation sites (tertiary alicyclic amines) is 1. The second-order valence-electron chi connectivity index (χ2n) is 6.43. The average molecular weight is 378 g/mol. The summed E-state index contributed by atoms with van der Waals surface area (Å²) in [5.74, 6) is -2.52. The van der Waals surface area contributed by atoms with Crippen LogP contribution < -0.4 is 5.32 Å². The normalized spacial score (nSPS) is 20.0. The van der Waals surface area contributed by atoms with E-state index in [0.29, 0.717) is 11.3 Å². The number of hydrogen-bond donors (Lipinski definition) is 1. The Morgan fingerprint density at radius 3 is 2.48 bits per heavy atom. The van der Waals surface area contributed by atoms with Gasteiger partial charge in [-0.25, -0.2) is 9.97 Å². The second-order valence-corrected chi connectivity index (χ2v) is 6.43. The molecule has 3 rings (SSSR count). The fourth-order valence-corrected chi connectivity index (χ4v) is 3.11. The molecule has 1 aromatic carbocycles. The Hall–Kier alpha value is -2.97. The third-order valence-electron chi connectivity index (χ3n) is 4.49. The quantitative estimate of drug-likeness (QED) is 0.834. The molecule has 0 unspecified atom stereocenters. The van der Waals surface area contributed by atoms with E-state index in [-0.39, 0.29) is 12.5 Å². The van der Waals surface area contributed by atoms with Gasteiger partial charge >= 0.3 is 6.18 Å². The fourth-order valence-electron chi connectivity index (χ4n) is 3.11. The summed E-state index contributed by atoms with van der Waals surface area (Å²) in [7, 11) is 1.55. The van der Waals surface area contributed by atoms with E-state index in [0.717, 1.165) is 12.1 Å². The molecule has 0 saturated carbocycles. The highest BCUT2D eigenvalue weighted by molar-refractivity contribution is 6.07. The molecule has 6 nitrogen and oxygen atoms in total. The number of halogens is 3. The first-order valence-corrected chi connectivity index (χ1v) is 8.19. The van der Waals surface area contributed by atoms with Crippen LogP contribution in [-0.4, -0.2) is 40.3 Å². The topological polar surface area (TPSA) is 75.2 Å². The number of carbonyl (C=O) groups excluding carboxylic acids is 2. The Bertz CT molecular complexity index is 868. The molecule has 0 spiro atoms. The Balaban J connectivity index is 1.85. The number of benzene rings is 1. The van der Waals surface area contributed by atoms with Crippen LogP contribution in [0.25, 0.3) is 0 Å². The predicted octanol–water partition coefficient (Wildman–Crippen LogP) is 2.61. The zero-order valence-electron chi connectivity index (χ0n) is 14.6. The summed E-state index contributed by atoms with van der Waals surface area (Å²) in [4.78, 5) is 34.5. The van der Waals surface area contributed by atoms with Crippen molar-refractivity contribution in [1.82, 2.24) is 14.9 Å². The van der Waals surface area contributed by atoms with Crippen molar-refractivity contribution in [2.75, 3.05) is 18.9 Å². The lowest BCUT2D eigenvalue weighted by Crippen LogP contribution is -2.33. The smallest absolute Gasteiger partial charge is 0.344 e. The van der Waals surface area contributed by atoms with E-state index in [9.17, 15) is 22.8 Å². The van der Waals surface area contributed by atoms with Crippen molar-refractivity contribution < 1.29 is 22.8 Å². The third-order valence-corrected chi connectivity index (χ3v) is 4.49. The molecular formula is C18H17F3N4O2. The van der Waals surface area contributed by atoms with Crippen molar-refractivity contribution in [1.29, 1.82) is 0 Å². The molecule has 0 aliphatic carbocycles. The molecule has 142 valence electrons. The van der Waals surface area contributed by atoms with Gasteiger partial charge in [0.15, 0.2) is 0 Å². The molecule has 0 radical (unpaired) electrons. The molecule has 1 fully saturated rings. The average Bonchev–Trinajstić information content (AvgIpc) is 2.89. The van der Waals surface area contributed by atoms with Crippen molar-refractivity contribution >= 4 is 17.8 Å². The molecule has 1 N–H and O–H groups in total. The standard InChI is InChI=1S/C18H17F3N4O2/c1-10-7-8-22-17(23-10)24-15(26)14-13(9-25(2)16(14)27)11-3-5-12(6-4-11)18(19,20)21/h3-8,13-14H,9H2,1-2H3,(H,22,23,24,26)/t13-,14+/m0/s1. The van der Waals surface area contributed by atoms with Gasteiger partial charge in [0, 0.05) is 31.4 Å². The van der Waals surface area contributed by atoms with Gasteiger partial charge in [-0.2, -0.15) is 13.2 Å². The summed E-state index contributed by atoms with van der Waals surface area (Å²) in [6.45, 7) is 1.97. The molecule has 1 aromatic heterocycles. The summed E-state index contributed by atoms with van der Waals surface area (Å²) >= 11 is 0. The van der Waals surface area contributed by atoms with Gasteiger partial charge in [-0.3, -0.25) is 14.9 Å². The van der Waals surface area contributed by atoms with Crippen LogP contribution in [0.4, 0.5) is 19.1 Å². The number of hydrogen-bond acceptors (Lipinski definition) is 4. The first kappa shape index (κ1) is 18.8. The van der Waals surface area contributed by atoms with Crippen LogP contribution in [0.5, 0.6) is 0 Å². The molecule has 2 aromatic rings. The van der Waals surface area contributed by atoms with Gasteiger partial charge in [0.1, 0.15) is 5.92 Å². The van der Waals surface area contributed by atoms with Crippen LogP contribution >= 0.6 is 0 Å². The molecule has 1 aliphatic heterocycles. The number of alkyl halides is 3. The van der Waals surface area contributed by atoms with Gasteiger partial charge < -0.3 is 4.90 Å². The molecule has 2 heterocycles. The number of carbonyl (C=O) groups is 2. The van der Waals surface area contributed by atoms with Crippen LogP contribution in [0.1, 0.15) is 22.7 Å². The fraction of sp³-hybridized carbons (Fsp3) is 0.333. The van der Waals surface area contributed by atoms with Crippen LogP contribution in [0.2, 0.25) is 0 Å². The van der Waals surface area contributed by atoms with Crippen molar-refractivity contribution in [2.24, 2.45) is 5.92 Å². The molecule has 2 atom stereocenters. The number of nitrogens with zero attached hydrogens (tertiary/aromatic N) is 3. The van der Waals surface area contributed by atoms with Crippen molar-refractivity contribution in [3.63, 3.8) is 0 Å². The molecule has 0 bridgehead atoms. The summed E-state index contributed by atoms with van der Waals surface area (Å²) < 4.78 is 38.3. The van der Waals surface area contributed by atoms with Gasteiger partial charge in [0.25, 0.3) is 0 Å². The minimum absolute atomic E-state index is 0.0773. The summed E-state index contributed by atoms with van der Waals surface area (Å²) in [5.41, 5.74) is 0.360. The molecule has 1 aliphatic rings. The first-order valence-electron chi connectivity index (χ1n) is 8.19. The zero-order valence-corrected chi connectivity index (χ0v) is 14.6. The van der Waals surface area contributed by atoms with E-state index in [2.05, 4.69) is 15.3 Å². The van der Waals surface area contributed by atoms with Gasteiger partial charge in [0.05, 0.1) is 5.56 Å². The highest BCUT2D eigenvalue weighted by atomic mass is 19.4. The van der Waals surface area contributed by atoms with Gasteiger partial charge in [-0.1, -0.05) is 12.1 Å². The molecule has 2 amide bonds. The predicted molar refractivity (Wildman–Crippen MR) is 90.7 cm³/mol. The molecule has 27 heavy (non-hydrogen) atoms. The van der Waals surface area contributed by atoms with E-state index in [1.807, 2.05) is 0 Å². The summed E-state index contributed by atoms with van der Waals surface area (Å²) in [5, 5.41) is 2.52. The highest BCUT2D eigenvalue weighted by Crippen LogP contribution is 2.36. The minimum Gasteiger partial charge on any atom is -0.344 e. The number of nitrogens with one attached hydrogen (secondary N) is 1. The number of likely N-dealkylation sites (N-methyl/N-ethyl adjacent to an activating group) is 1. The number of anilines is 1. The summed E-state index contributed by atoms with van der Waals surface area (Å²) in [6, 6.07) is 6.19. The third kappa shape index (κ3) is 3.91. The largest absolute Gasteiger partial charge is 0.416 e. The SMILES string of the molecule is Cc1ccnc(NC(=O)[C@@H]2C(=O)N(C)C[C@H]2c2ccc(C(F)(F)F)cc2)n1. The van der Waals surface area contributed by atoms with E-state index in [1.165, 1.54) is 23.2 Å². The van der Waals surface area contributed by atoms with E-state index < -0.39 is 35.4 Å². The van der Waals surface area contributed by atoms with Crippen LogP contribution in [0, 0.1) is 12.8 Å². The van der Waals surface area contributed by atoms with E-state index >= 15 is 0 Å². The van der Waals surface area contributed by atoms with E-state index in [1.54, 1.807) is 20.0 Å². The van der Waals surface area contributed by atoms with Gasteiger partial charge in [-0.15, -0.1) is 0 Å². The Kier molecular flexibility index (Phi) is 4.86. The van der Waals surface area contributed by atoms with Crippen LogP contribution in [0.15, 0.2) is 36.5 Å². The maximum absolute atomic E-state index is 12.8. The van der Waals surface area contributed by atoms with Crippen molar-refractivity contribution in [3.05, 3.63) is 53.3 Å². The summed E-state index contributed by atoms with van der Waals surface area (Å²) in [6.07, 6.45) is -2.96. The number of aromatic nitrogens is 2. The number of amides is 2. The Labute approximate surface area is 153 Å². The highest BCUT2D eigenvalue weighted by Gasteiger charge is 2.44. The zero-order chi connectivity index (χ0) is 19.8. The number of rotatable bonds is 3. The molecule has 1 saturated heterocycles. The van der Waals surface area contributed by atoms with Crippen molar-refractivity contribution in [3.8, 4) is 0 Å². The lowest BCUT2D eigenvalue weighted by Gasteiger charge is -2.17.